The molecule has 1 amide bonds. The second-order valence-corrected chi connectivity index (χ2v) is 10.4. The Balaban J connectivity index is 1.46. The normalized spacial score (nSPS) is 13.8. The minimum atomic E-state index is -3.48. The van der Waals surface area contributed by atoms with E-state index in [9.17, 15) is 13.2 Å². The number of carbonyl (C=O) groups is 1. The molecule has 0 fully saturated rings. The van der Waals surface area contributed by atoms with Gasteiger partial charge in [-0.3, -0.25) is 4.79 Å². The van der Waals surface area contributed by atoms with Crippen molar-refractivity contribution in [1.82, 2.24) is 9.62 Å². The molecule has 8 nitrogen and oxygen atoms in total. The van der Waals surface area contributed by atoms with Gasteiger partial charge in [-0.25, -0.2) is 8.42 Å². The van der Waals surface area contributed by atoms with Gasteiger partial charge in [0.15, 0.2) is 18.1 Å². The number of hydrogen-bond acceptors (Lipinski definition) is 6. The third-order valence-electron chi connectivity index (χ3n) is 5.23. The molecule has 0 aromatic heterocycles. The summed E-state index contributed by atoms with van der Waals surface area (Å²) in [5, 5.41) is 3.43. The van der Waals surface area contributed by atoms with Crippen LogP contribution in [0, 0.1) is 0 Å². The molecule has 1 heterocycles. The van der Waals surface area contributed by atoms with Crippen molar-refractivity contribution in [2.45, 2.75) is 19.4 Å². The van der Waals surface area contributed by atoms with E-state index in [1.807, 2.05) is 12.1 Å². The van der Waals surface area contributed by atoms with Crippen LogP contribution in [0.15, 0.2) is 30.3 Å². The van der Waals surface area contributed by atoms with E-state index < -0.39 is 10.0 Å². The number of methoxy groups -OCH3 is 2. The SMILES string of the molecule is COc1cc2c(cc1OC)CN(S(=O)(=O)CCCNC(=O)COc1ccc(Cl)cc1Cl)CC2. The lowest BCUT2D eigenvalue weighted by Crippen LogP contribution is -2.38. The Labute approximate surface area is 203 Å². The number of halogens is 2. The first-order valence-electron chi connectivity index (χ1n) is 10.3. The summed E-state index contributed by atoms with van der Waals surface area (Å²) in [7, 11) is -0.358. The summed E-state index contributed by atoms with van der Waals surface area (Å²) in [5.41, 5.74) is 1.95. The lowest BCUT2D eigenvalue weighted by atomic mass is 10.0. The van der Waals surface area contributed by atoms with E-state index >= 15 is 0 Å². The molecule has 0 saturated heterocycles. The highest BCUT2D eigenvalue weighted by molar-refractivity contribution is 7.89. The van der Waals surface area contributed by atoms with Crippen LogP contribution in [-0.2, 0) is 27.8 Å². The summed E-state index contributed by atoms with van der Waals surface area (Å²) in [6, 6.07) is 8.42. The Morgan fingerprint density at radius 2 is 1.76 bits per heavy atom. The van der Waals surface area contributed by atoms with E-state index in [1.165, 1.54) is 10.4 Å². The van der Waals surface area contributed by atoms with Gasteiger partial charge < -0.3 is 19.5 Å². The summed E-state index contributed by atoms with van der Waals surface area (Å²) < 4.78 is 43.1. The largest absolute Gasteiger partial charge is 0.493 e. The predicted molar refractivity (Wildman–Crippen MR) is 127 cm³/mol. The first-order valence-corrected chi connectivity index (χ1v) is 12.7. The Bertz CT molecular complexity index is 1110. The number of nitrogens with zero attached hydrogens (tertiary/aromatic N) is 1. The van der Waals surface area contributed by atoms with Crippen molar-refractivity contribution in [1.29, 1.82) is 0 Å². The maximum atomic E-state index is 12.8. The zero-order chi connectivity index (χ0) is 24.0. The average molecular weight is 517 g/mol. The zero-order valence-corrected chi connectivity index (χ0v) is 20.7. The van der Waals surface area contributed by atoms with Gasteiger partial charge in [-0.2, -0.15) is 4.31 Å². The van der Waals surface area contributed by atoms with Crippen LogP contribution >= 0.6 is 23.2 Å². The van der Waals surface area contributed by atoms with Crippen molar-refractivity contribution in [3.05, 3.63) is 51.5 Å². The number of carbonyl (C=O) groups excluding carboxylic acids is 1. The van der Waals surface area contributed by atoms with Gasteiger partial charge in [-0.1, -0.05) is 23.2 Å². The smallest absolute Gasteiger partial charge is 0.257 e. The lowest BCUT2D eigenvalue weighted by Gasteiger charge is -2.29. The molecule has 0 bridgehead atoms. The quantitative estimate of drug-likeness (QED) is 0.487. The molecule has 1 aliphatic rings. The number of amides is 1. The zero-order valence-electron chi connectivity index (χ0n) is 18.4. The van der Waals surface area contributed by atoms with Crippen molar-refractivity contribution < 1.29 is 27.4 Å². The van der Waals surface area contributed by atoms with E-state index in [1.54, 1.807) is 26.4 Å². The first kappa shape index (κ1) is 25.4. The fourth-order valence-electron chi connectivity index (χ4n) is 3.49. The average Bonchev–Trinajstić information content (AvgIpc) is 2.79. The number of fused-ring (bicyclic) bond motifs is 1. The first-order chi connectivity index (χ1) is 15.7. The van der Waals surface area contributed by atoms with E-state index in [0.717, 1.165) is 11.1 Å². The highest BCUT2D eigenvalue weighted by Gasteiger charge is 2.27. The van der Waals surface area contributed by atoms with Crippen molar-refractivity contribution >= 4 is 39.1 Å². The number of rotatable bonds is 10. The molecule has 180 valence electrons. The van der Waals surface area contributed by atoms with Crippen LogP contribution in [0.2, 0.25) is 10.0 Å². The molecule has 11 heteroatoms. The Morgan fingerprint density at radius 1 is 1.06 bits per heavy atom. The van der Waals surface area contributed by atoms with Crippen molar-refractivity contribution in [2.75, 3.05) is 39.7 Å². The van der Waals surface area contributed by atoms with Gasteiger partial charge in [0.25, 0.3) is 5.91 Å². The topological polar surface area (TPSA) is 94.2 Å². The highest BCUT2D eigenvalue weighted by Crippen LogP contribution is 2.34. The van der Waals surface area contributed by atoms with E-state index in [-0.39, 0.29) is 37.8 Å². The Morgan fingerprint density at radius 3 is 2.42 bits per heavy atom. The fourth-order valence-corrected chi connectivity index (χ4v) is 5.43. The van der Waals surface area contributed by atoms with Gasteiger partial charge in [0.05, 0.1) is 25.0 Å². The van der Waals surface area contributed by atoms with E-state index in [2.05, 4.69) is 5.32 Å². The molecule has 0 radical (unpaired) electrons. The lowest BCUT2D eigenvalue weighted by molar-refractivity contribution is -0.123. The van der Waals surface area contributed by atoms with Crippen LogP contribution in [0.4, 0.5) is 0 Å². The molecular weight excluding hydrogens is 491 g/mol. The van der Waals surface area contributed by atoms with E-state index in [4.69, 9.17) is 37.4 Å². The van der Waals surface area contributed by atoms with Crippen molar-refractivity contribution in [3.8, 4) is 17.2 Å². The molecule has 0 saturated carbocycles. The van der Waals surface area contributed by atoms with Gasteiger partial charge in [-0.05, 0) is 54.3 Å². The molecule has 1 N–H and O–H groups in total. The third-order valence-corrected chi connectivity index (χ3v) is 7.66. The fraction of sp³-hybridized carbons (Fsp3) is 0.409. The number of hydrogen-bond donors (Lipinski definition) is 1. The van der Waals surface area contributed by atoms with Crippen LogP contribution in [0.1, 0.15) is 17.5 Å². The minimum Gasteiger partial charge on any atom is -0.493 e. The van der Waals surface area contributed by atoms with Crippen molar-refractivity contribution in [3.63, 3.8) is 0 Å². The molecule has 1 aliphatic heterocycles. The Hall–Kier alpha value is -2.20. The standard InChI is InChI=1S/C22H26Cl2N2O6S/c1-30-20-10-15-6-8-26(13-16(15)11-21(20)31-2)33(28,29)9-3-7-25-22(27)14-32-19-5-4-17(23)12-18(19)24/h4-5,10-12H,3,6-9,13-14H2,1-2H3,(H,25,27). The number of ether oxygens (including phenoxy) is 3. The molecular formula is C22H26Cl2N2O6S. The summed E-state index contributed by atoms with van der Waals surface area (Å²) in [4.78, 5) is 12.0. The van der Waals surface area contributed by atoms with Crippen LogP contribution in [-0.4, -0.2) is 58.3 Å². The van der Waals surface area contributed by atoms with Gasteiger partial charge in [0.1, 0.15) is 5.75 Å². The summed E-state index contributed by atoms with van der Waals surface area (Å²) >= 11 is 11.8. The second kappa shape index (κ2) is 11.3. The second-order valence-electron chi connectivity index (χ2n) is 7.44. The predicted octanol–water partition coefficient (Wildman–Crippen LogP) is 3.28. The molecule has 0 atom stereocenters. The number of nitrogens with one attached hydrogen (secondary N) is 1. The summed E-state index contributed by atoms with van der Waals surface area (Å²) in [6.45, 7) is 0.653. The molecule has 33 heavy (non-hydrogen) atoms. The minimum absolute atomic E-state index is 0.0697. The molecule has 0 unspecified atom stereocenters. The maximum Gasteiger partial charge on any atom is 0.257 e. The van der Waals surface area contributed by atoms with Gasteiger partial charge >= 0.3 is 0 Å². The number of benzene rings is 2. The maximum absolute atomic E-state index is 12.8. The molecule has 2 aromatic carbocycles. The monoisotopic (exact) mass is 516 g/mol. The third kappa shape index (κ3) is 6.66. The highest BCUT2D eigenvalue weighted by atomic mass is 35.5. The van der Waals surface area contributed by atoms with Crippen LogP contribution in [0.5, 0.6) is 17.2 Å². The van der Waals surface area contributed by atoms with Crippen LogP contribution in [0.25, 0.3) is 0 Å². The molecule has 0 spiro atoms. The summed E-state index contributed by atoms with van der Waals surface area (Å²) in [6.07, 6.45) is 0.876. The van der Waals surface area contributed by atoms with Gasteiger partial charge in [0.2, 0.25) is 10.0 Å². The number of sulfonamides is 1. The molecule has 0 aliphatic carbocycles. The van der Waals surface area contributed by atoms with Crippen LogP contribution < -0.4 is 19.5 Å². The van der Waals surface area contributed by atoms with Gasteiger partial charge in [-0.15, -0.1) is 0 Å². The van der Waals surface area contributed by atoms with Crippen LogP contribution in [0.3, 0.4) is 0 Å². The summed E-state index contributed by atoms with van der Waals surface area (Å²) in [5.74, 6) is 1.11. The van der Waals surface area contributed by atoms with Gasteiger partial charge in [0, 0.05) is 24.7 Å². The molecule has 2 aromatic rings. The van der Waals surface area contributed by atoms with E-state index in [0.29, 0.717) is 40.3 Å². The molecule has 3 rings (SSSR count). The van der Waals surface area contributed by atoms with Crippen molar-refractivity contribution in [2.24, 2.45) is 0 Å². The Kier molecular flexibility index (Phi) is 8.69.